The van der Waals surface area contributed by atoms with E-state index >= 15 is 0 Å². The molecule has 0 aromatic rings. The van der Waals surface area contributed by atoms with Crippen molar-refractivity contribution in [2.75, 3.05) is 0 Å². The SMILES string of the molecule is CC(=O)O.CCC(=O)O.CCC(=O)O.CCC(=O)O. The summed E-state index contributed by atoms with van der Waals surface area (Å²) >= 11 is 0. The van der Waals surface area contributed by atoms with Crippen molar-refractivity contribution in [3.63, 3.8) is 0 Å². The zero-order chi connectivity index (χ0) is 16.4. The van der Waals surface area contributed by atoms with Crippen LogP contribution in [0.25, 0.3) is 0 Å². The molecule has 0 heterocycles. The van der Waals surface area contributed by atoms with Gasteiger partial charge in [0.15, 0.2) is 0 Å². The van der Waals surface area contributed by atoms with E-state index in [9.17, 15) is 14.4 Å². The minimum absolute atomic E-state index is 0.222. The van der Waals surface area contributed by atoms with Gasteiger partial charge in [-0.05, 0) is 0 Å². The number of carboxylic acids is 4. The van der Waals surface area contributed by atoms with E-state index in [1.807, 2.05) is 0 Å². The third-order valence-electron chi connectivity index (χ3n) is 0.907. The van der Waals surface area contributed by atoms with Crippen molar-refractivity contribution < 1.29 is 39.6 Å². The van der Waals surface area contributed by atoms with E-state index in [2.05, 4.69) is 0 Å². The molecule has 19 heavy (non-hydrogen) atoms. The van der Waals surface area contributed by atoms with Crippen LogP contribution in [0.5, 0.6) is 0 Å². The maximum atomic E-state index is 9.37. The highest BCUT2D eigenvalue weighted by Crippen LogP contribution is 1.68. The van der Waals surface area contributed by atoms with Crippen LogP contribution in [0.1, 0.15) is 47.0 Å². The van der Waals surface area contributed by atoms with Crippen molar-refractivity contribution in [1.29, 1.82) is 0 Å². The maximum Gasteiger partial charge on any atom is 0.303 e. The van der Waals surface area contributed by atoms with Crippen LogP contribution in [0.2, 0.25) is 0 Å². The summed E-state index contributed by atoms with van der Waals surface area (Å²) in [6.07, 6.45) is 0.667. The Morgan fingerprint density at radius 3 is 0.684 bits per heavy atom. The Morgan fingerprint density at radius 2 is 0.684 bits per heavy atom. The van der Waals surface area contributed by atoms with E-state index in [4.69, 9.17) is 25.2 Å². The molecule has 0 saturated carbocycles. The standard InChI is InChI=1S/3C3H6O2.C2H4O2/c3*1-2-3(4)5;1-2(3)4/h3*2H2,1H3,(H,4,5);1H3,(H,3,4). The van der Waals surface area contributed by atoms with Crippen molar-refractivity contribution in [1.82, 2.24) is 0 Å². The minimum atomic E-state index is -0.833. The van der Waals surface area contributed by atoms with E-state index < -0.39 is 23.9 Å². The van der Waals surface area contributed by atoms with Gasteiger partial charge in [0, 0.05) is 26.2 Å². The lowest BCUT2D eigenvalue weighted by Crippen LogP contribution is -1.86. The van der Waals surface area contributed by atoms with E-state index in [1.54, 1.807) is 20.8 Å². The number of rotatable bonds is 3. The zero-order valence-electron chi connectivity index (χ0n) is 11.5. The summed E-state index contributed by atoms with van der Waals surface area (Å²) in [6, 6.07) is 0. The monoisotopic (exact) mass is 282 g/mol. The van der Waals surface area contributed by atoms with Gasteiger partial charge in [-0.1, -0.05) is 20.8 Å². The molecule has 0 aliphatic rings. The minimum Gasteiger partial charge on any atom is -0.481 e. The molecule has 8 nitrogen and oxygen atoms in total. The molecule has 0 aliphatic heterocycles. The molecule has 0 rings (SSSR count). The van der Waals surface area contributed by atoms with Crippen molar-refractivity contribution in [2.24, 2.45) is 0 Å². The van der Waals surface area contributed by atoms with Crippen LogP contribution in [0, 0.1) is 0 Å². The van der Waals surface area contributed by atoms with Gasteiger partial charge in [-0.2, -0.15) is 0 Å². The van der Waals surface area contributed by atoms with Gasteiger partial charge in [-0.15, -0.1) is 0 Å². The van der Waals surface area contributed by atoms with Crippen LogP contribution >= 0.6 is 0 Å². The second-order valence-corrected chi connectivity index (χ2v) is 2.76. The molecular weight excluding hydrogens is 260 g/mol. The van der Waals surface area contributed by atoms with E-state index in [0.29, 0.717) is 0 Å². The fraction of sp³-hybridized carbons (Fsp3) is 0.636. The van der Waals surface area contributed by atoms with Crippen molar-refractivity contribution in [3.8, 4) is 0 Å². The Labute approximate surface area is 111 Å². The summed E-state index contributed by atoms with van der Waals surface area (Å²) in [5, 5.41) is 30.6. The number of aliphatic carboxylic acids is 4. The van der Waals surface area contributed by atoms with E-state index in [0.717, 1.165) is 6.92 Å². The summed E-state index contributed by atoms with van der Waals surface area (Å²) in [5.74, 6) is -3.07. The average Bonchev–Trinajstić information content (AvgIpc) is 2.29. The quantitative estimate of drug-likeness (QED) is 0.608. The Morgan fingerprint density at radius 1 is 0.632 bits per heavy atom. The lowest BCUT2D eigenvalue weighted by atomic mass is 10.5. The Kier molecular flexibility index (Phi) is 28.6. The van der Waals surface area contributed by atoms with Crippen LogP contribution in [0.15, 0.2) is 0 Å². The van der Waals surface area contributed by atoms with Crippen molar-refractivity contribution >= 4 is 23.9 Å². The molecule has 0 unspecified atom stereocenters. The summed E-state index contributed by atoms with van der Waals surface area (Å²) in [4.78, 5) is 37.1. The molecule has 0 aromatic carbocycles. The van der Waals surface area contributed by atoms with Gasteiger partial charge in [0.25, 0.3) is 5.97 Å². The third kappa shape index (κ3) is 203. The Bertz CT molecular complexity index is 222. The fourth-order valence-corrected chi connectivity index (χ4v) is 0. The molecule has 8 heteroatoms. The molecule has 114 valence electrons. The number of hydrogen-bond acceptors (Lipinski definition) is 4. The molecule has 0 bridgehead atoms. The van der Waals surface area contributed by atoms with Gasteiger partial charge in [0.2, 0.25) is 0 Å². The van der Waals surface area contributed by atoms with Gasteiger partial charge in [-0.25, -0.2) is 0 Å². The van der Waals surface area contributed by atoms with Gasteiger partial charge >= 0.3 is 17.9 Å². The largest absolute Gasteiger partial charge is 0.481 e. The van der Waals surface area contributed by atoms with Gasteiger partial charge in [-0.3, -0.25) is 19.2 Å². The average molecular weight is 282 g/mol. The lowest BCUT2D eigenvalue weighted by molar-refractivity contribution is -0.137. The first-order valence-electron chi connectivity index (χ1n) is 5.39. The van der Waals surface area contributed by atoms with E-state index in [-0.39, 0.29) is 19.3 Å². The first-order valence-corrected chi connectivity index (χ1v) is 5.39. The predicted octanol–water partition coefficient (Wildman–Crippen LogP) is 1.53. The summed E-state index contributed by atoms with van der Waals surface area (Å²) in [5.41, 5.74) is 0. The molecule has 0 aliphatic carbocycles. The van der Waals surface area contributed by atoms with Crippen molar-refractivity contribution in [3.05, 3.63) is 0 Å². The molecule has 0 spiro atoms. The van der Waals surface area contributed by atoms with Crippen LogP contribution in [0.4, 0.5) is 0 Å². The molecular formula is C11H22O8. The van der Waals surface area contributed by atoms with Gasteiger partial charge in [0.05, 0.1) is 0 Å². The Hall–Kier alpha value is -2.12. The van der Waals surface area contributed by atoms with Crippen molar-refractivity contribution in [2.45, 2.75) is 47.0 Å². The summed E-state index contributed by atoms with van der Waals surface area (Å²) < 4.78 is 0. The van der Waals surface area contributed by atoms with Crippen LogP contribution < -0.4 is 0 Å². The van der Waals surface area contributed by atoms with E-state index in [1.165, 1.54) is 0 Å². The molecule has 0 aromatic heterocycles. The lowest BCUT2D eigenvalue weighted by Gasteiger charge is -1.71. The zero-order valence-corrected chi connectivity index (χ0v) is 11.5. The fourth-order valence-electron chi connectivity index (χ4n) is 0. The first-order chi connectivity index (χ1) is 8.54. The second kappa shape index (κ2) is 21.2. The summed E-state index contributed by atoms with van der Waals surface area (Å²) in [7, 11) is 0. The van der Waals surface area contributed by atoms with Crippen LogP contribution in [-0.4, -0.2) is 44.3 Å². The van der Waals surface area contributed by atoms with Crippen LogP contribution in [0.3, 0.4) is 0 Å². The normalized spacial score (nSPS) is 7.16. The number of carbonyl (C=O) groups is 4. The van der Waals surface area contributed by atoms with Gasteiger partial charge in [0.1, 0.15) is 0 Å². The predicted molar refractivity (Wildman–Crippen MR) is 67.1 cm³/mol. The molecule has 0 radical (unpaired) electrons. The topological polar surface area (TPSA) is 149 Å². The molecule has 0 fully saturated rings. The second-order valence-electron chi connectivity index (χ2n) is 2.76. The highest BCUT2D eigenvalue weighted by molar-refractivity contribution is 5.66. The highest BCUT2D eigenvalue weighted by Gasteiger charge is 1.81. The highest BCUT2D eigenvalue weighted by atomic mass is 16.4. The van der Waals surface area contributed by atoms with Gasteiger partial charge < -0.3 is 20.4 Å². The smallest absolute Gasteiger partial charge is 0.303 e. The molecule has 0 amide bonds. The maximum absolute atomic E-state index is 9.37. The molecule has 4 N–H and O–H groups in total. The number of hydrogen-bond donors (Lipinski definition) is 4. The number of carboxylic acid groups (broad SMARTS) is 4. The molecule has 0 saturated heterocycles. The third-order valence-corrected chi connectivity index (χ3v) is 0.907. The Balaban J connectivity index is -0.0000000793. The first kappa shape index (κ1) is 25.7. The van der Waals surface area contributed by atoms with Crippen LogP contribution in [-0.2, 0) is 19.2 Å². The summed E-state index contributed by atoms with van der Waals surface area (Å²) in [6.45, 7) is 5.88. The molecule has 0 atom stereocenters.